The van der Waals surface area contributed by atoms with Gasteiger partial charge in [0.15, 0.2) is 11.6 Å². The van der Waals surface area contributed by atoms with Crippen LogP contribution in [-0.4, -0.2) is 34.0 Å². The highest BCUT2D eigenvalue weighted by molar-refractivity contribution is 6.30. The van der Waals surface area contributed by atoms with E-state index in [0.717, 1.165) is 47.6 Å². The van der Waals surface area contributed by atoms with Gasteiger partial charge in [-0.2, -0.15) is 0 Å². The molecule has 0 bridgehead atoms. The molecule has 2 aliphatic rings. The van der Waals surface area contributed by atoms with E-state index >= 15 is 0 Å². The van der Waals surface area contributed by atoms with E-state index in [4.69, 9.17) is 11.6 Å². The number of carbonyl (C=O) groups excluding carboxylic acids is 2. The van der Waals surface area contributed by atoms with Gasteiger partial charge >= 0.3 is 6.03 Å². The van der Waals surface area contributed by atoms with Crippen LogP contribution in [0.25, 0.3) is 5.69 Å². The molecule has 6 rings (SSSR count). The fourth-order valence-electron chi connectivity index (χ4n) is 4.97. The fourth-order valence-corrected chi connectivity index (χ4v) is 5.09. The highest BCUT2D eigenvalue weighted by Crippen LogP contribution is 2.42. The molecule has 1 N–H and O–H groups in total. The Morgan fingerprint density at radius 1 is 0.921 bits per heavy atom. The Labute approximate surface area is 223 Å². The van der Waals surface area contributed by atoms with Gasteiger partial charge in [0.05, 0.1) is 17.1 Å². The van der Waals surface area contributed by atoms with Gasteiger partial charge in [0.2, 0.25) is 5.91 Å². The molecule has 192 valence electrons. The number of halogens is 3. The van der Waals surface area contributed by atoms with Gasteiger partial charge in [-0.05, 0) is 66.9 Å². The van der Waals surface area contributed by atoms with Crippen molar-refractivity contribution in [2.24, 2.45) is 0 Å². The number of para-hydroxylation sites is 2. The Morgan fingerprint density at radius 2 is 1.66 bits per heavy atom. The third-order valence-electron chi connectivity index (χ3n) is 6.90. The van der Waals surface area contributed by atoms with Gasteiger partial charge in [-0.25, -0.2) is 13.6 Å². The van der Waals surface area contributed by atoms with Crippen LogP contribution in [0.1, 0.15) is 30.1 Å². The monoisotopic (exact) mass is 532 g/mol. The smallest absolute Gasteiger partial charge is 0.316 e. The van der Waals surface area contributed by atoms with E-state index in [1.807, 2.05) is 54.7 Å². The lowest BCUT2D eigenvalue weighted by molar-refractivity contribution is -0.119. The molecule has 1 saturated carbocycles. The second-order valence-corrected chi connectivity index (χ2v) is 9.86. The van der Waals surface area contributed by atoms with E-state index in [1.54, 1.807) is 17.0 Å². The molecule has 0 radical (unpaired) electrons. The zero-order valence-electron chi connectivity index (χ0n) is 20.2. The van der Waals surface area contributed by atoms with Crippen molar-refractivity contribution < 1.29 is 18.4 Å². The van der Waals surface area contributed by atoms with Crippen LogP contribution in [0.15, 0.2) is 85.1 Å². The lowest BCUT2D eigenvalue weighted by atomic mass is 9.97. The summed E-state index contributed by atoms with van der Waals surface area (Å²) in [5.74, 6) is -2.33. The molecule has 1 unspecified atom stereocenters. The fraction of sp³-hybridized carbons (Fsp3) is 0.172. The number of hydrogen-bond acceptors (Lipinski definition) is 2. The van der Waals surface area contributed by atoms with E-state index < -0.39 is 23.7 Å². The minimum Gasteiger partial charge on any atom is -0.316 e. The largest absolute Gasteiger partial charge is 0.322 e. The summed E-state index contributed by atoms with van der Waals surface area (Å²) in [5.41, 5.74) is 3.48. The maximum Gasteiger partial charge on any atom is 0.322 e. The van der Waals surface area contributed by atoms with E-state index in [-0.39, 0.29) is 24.2 Å². The maximum absolute atomic E-state index is 14.1. The first kappa shape index (κ1) is 24.2. The number of fused-ring (bicyclic) bond motifs is 3. The number of nitrogens with one attached hydrogen (secondary N) is 1. The molecule has 0 spiro atoms. The molecule has 38 heavy (non-hydrogen) atoms. The Kier molecular flexibility index (Phi) is 6.12. The van der Waals surface area contributed by atoms with Gasteiger partial charge in [0.1, 0.15) is 12.6 Å². The Balaban J connectivity index is 1.35. The molecule has 1 aliphatic heterocycles. The molecule has 0 saturated heterocycles. The lowest BCUT2D eigenvalue weighted by Crippen LogP contribution is -2.48. The molecule has 2 heterocycles. The average Bonchev–Trinajstić information content (AvgIpc) is 3.64. The van der Waals surface area contributed by atoms with Crippen LogP contribution in [-0.2, 0) is 4.79 Å². The van der Waals surface area contributed by atoms with Crippen LogP contribution in [0.2, 0.25) is 5.02 Å². The van der Waals surface area contributed by atoms with Crippen molar-refractivity contribution in [3.8, 4) is 5.69 Å². The number of benzene rings is 3. The molecule has 9 heteroatoms. The van der Waals surface area contributed by atoms with Gasteiger partial charge in [-0.15, -0.1) is 0 Å². The molecule has 3 amide bonds. The summed E-state index contributed by atoms with van der Waals surface area (Å²) in [4.78, 5) is 30.5. The van der Waals surface area contributed by atoms with E-state index in [2.05, 4.69) is 9.88 Å². The summed E-state index contributed by atoms with van der Waals surface area (Å²) >= 11 is 6.16. The topological polar surface area (TPSA) is 57.6 Å². The standard InChI is InChI=1S/C29H23ClF2N4O2/c30-19-9-7-18(8-10-19)28-26-6-3-15-34(26)24-4-1-2-5-25(24)36(28)27(37)17-35(21-12-13-21)29(38)33-20-11-14-22(31)23(32)16-20/h1-11,14-16,21,28H,12-13,17H2,(H,33,38). The number of anilines is 2. The van der Waals surface area contributed by atoms with Crippen LogP contribution in [0.5, 0.6) is 0 Å². The highest BCUT2D eigenvalue weighted by atomic mass is 35.5. The first-order valence-corrected chi connectivity index (χ1v) is 12.7. The molecule has 4 aromatic rings. The zero-order chi connectivity index (χ0) is 26.4. The number of hydrogen-bond donors (Lipinski definition) is 1. The van der Waals surface area contributed by atoms with E-state index in [1.165, 1.54) is 11.0 Å². The number of urea groups is 1. The second-order valence-electron chi connectivity index (χ2n) is 9.43. The summed E-state index contributed by atoms with van der Waals surface area (Å²) in [6.07, 6.45) is 3.49. The Morgan fingerprint density at radius 3 is 2.37 bits per heavy atom. The SMILES string of the molecule is O=C(Nc1ccc(F)c(F)c1)N(CC(=O)N1c2ccccc2-n2cccc2C1c1ccc(Cl)cc1)C1CC1. The molecule has 1 aliphatic carbocycles. The third-order valence-corrected chi connectivity index (χ3v) is 7.15. The Hall–Kier alpha value is -4.17. The first-order chi connectivity index (χ1) is 18.4. The summed E-state index contributed by atoms with van der Waals surface area (Å²) < 4.78 is 29.1. The van der Waals surface area contributed by atoms with Gasteiger partial charge in [-0.1, -0.05) is 35.9 Å². The predicted octanol–water partition coefficient (Wildman–Crippen LogP) is 6.54. The van der Waals surface area contributed by atoms with Crippen LogP contribution in [0.3, 0.4) is 0 Å². The number of aromatic nitrogens is 1. The van der Waals surface area contributed by atoms with Crippen LogP contribution in [0.4, 0.5) is 25.0 Å². The summed E-state index contributed by atoms with van der Waals surface area (Å²) in [7, 11) is 0. The van der Waals surface area contributed by atoms with E-state index in [9.17, 15) is 18.4 Å². The molecular formula is C29H23ClF2N4O2. The summed E-state index contributed by atoms with van der Waals surface area (Å²) in [5, 5.41) is 3.20. The van der Waals surface area contributed by atoms with Gasteiger partial charge in [-0.3, -0.25) is 9.69 Å². The van der Waals surface area contributed by atoms with E-state index in [0.29, 0.717) is 5.02 Å². The number of nitrogens with zero attached hydrogens (tertiary/aromatic N) is 3. The van der Waals surface area contributed by atoms with Crippen molar-refractivity contribution in [2.75, 3.05) is 16.8 Å². The molecule has 1 atom stereocenters. The first-order valence-electron chi connectivity index (χ1n) is 12.3. The second kappa shape index (κ2) is 9.61. The average molecular weight is 533 g/mol. The van der Waals surface area contributed by atoms with Crippen LogP contribution >= 0.6 is 11.6 Å². The maximum atomic E-state index is 14.1. The number of carbonyl (C=O) groups is 2. The quantitative estimate of drug-likeness (QED) is 0.317. The molecule has 1 fully saturated rings. The van der Waals surface area contributed by atoms with Crippen molar-refractivity contribution in [3.63, 3.8) is 0 Å². The molecular weight excluding hydrogens is 510 g/mol. The molecule has 3 aromatic carbocycles. The van der Waals surface area contributed by atoms with Crippen LogP contribution in [0, 0.1) is 11.6 Å². The lowest BCUT2D eigenvalue weighted by Gasteiger charge is -2.39. The number of amides is 3. The van der Waals surface area contributed by atoms with Crippen molar-refractivity contribution in [1.29, 1.82) is 0 Å². The minimum atomic E-state index is -1.06. The highest BCUT2D eigenvalue weighted by Gasteiger charge is 2.40. The van der Waals surface area contributed by atoms with Gasteiger partial charge in [0, 0.05) is 29.0 Å². The predicted molar refractivity (Wildman–Crippen MR) is 142 cm³/mol. The summed E-state index contributed by atoms with van der Waals surface area (Å²) in [6, 6.07) is 21.0. The normalized spacial score (nSPS) is 16.0. The number of rotatable bonds is 5. The van der Waals surface area contributed by atoms with Gasteiger partial charge in [0.25, 0.3) is 0 Å². The van der Waals surface area contributed by atoms with Crippen molar-refractivity contribution in [3.05, 3.63) is 113 Å². The minimum absolute atomic E-state index is 0.109. The molecule has 1 aromatic heterocycles. The van der Waals surface area contributed by atoms with Crippen molar-refractivity contribution in [2.45, 2.75) is 24.9 Å². The zero-order valence-corrected chi connectivity index (χ0v) is 20.9. The van der Waals surface area contributed by atoms with Crippen molar-refractivity contribution in [1.82, 2.24) is 9.47 Å². The summed E-state index contributed by atoms with van der Waals surface area (Å²) in [6.45, 7) is -0.181. The molecule has 6 nitrogen and oxygen atoms in total. The third kappa shape index (κ3) is 4.41. The van der Waals surface area contributed by atoms with Gasteiger partial charge < -0.3 is 14.8 Å². The Bertz CT molecular complexity index is 1530. The van der Waals surface area contributed by atoms with Crippen molar-refractivity contribution >= 4 is 34.9 Å². The van der Waals surface area contributed by atoms with Crippen LogP contribution < -0.4 is 10.2 Å².